The van der Waals surface area contributed by atoms with Crippen LogP contribution in [0.4, 0.5) is 5.69 Å². The van der Waals surface area contributed by atoms with E-state index in [4.69, 9.17) is 9.47 Å². The highest BCUT2D eigenvalue weighted by Gasteiger charge is 2.20. The first-order valence-corrected chi connectivity index (χ1v) is 8.29. The van der Waals surface area contributed by atoms with Crippen molar-refractivity contribution >= 4 is 17.0 Å². The molecule has 0 bridgehead atoms. The van der Waals surface area contributed by atoms with Crippen molar-refractivity contribution in [1.29, 1.82) is 0 Å². The third-order valence-electron chi connectivity index (χ3n) is 3.64. The number of nitrogens with zero attached hydrogens (tertiary/aromatic N) is 2. The van der Waals surface area contributed by atoms with Gasteiger partial charge in [0.05, 0.1) is 24.6 Å². The van der Waals surface area contributed by atoms with E-state index in [1.54, 1.807) is 22.9 Å². The standard InChI is InChI=1S/C15H19N3O3S/c1-10-15(11(2)18(3)16-10)17-22(19)12-5-6-13-14(9-12)21-8-4-7-20-13/h5-6,9,17H,4,7-8H2,1-3H3. The van der Waals surface area contributed by atoms with E-state index in [0.29, 0.717) is 29.6 Å². The first-order chi connectivity index (χ1) is 10.6. The molecule has 0 saturated heterocycles. The quantitative estimate of drug-likeness (QED) is 0.879. The Hall–Kier alpha value is -1.86. The van der Waals surface area contributed by atoms with Gasteiger partial charge >= 0.3 is 0 Å². The molecule has 1 aliphatic heterocycles. The van der Waals surface area contributed by atoms with Gasteiger partial charge in [-0.15, -0.1) is 0 Å². The monoisotopic (exact) mass is 321 g/mol. The number of rotatable bonds is 3. The van der Waals surface area contributed by atoms with Crippen LogP contribution in [0.5, 0.6) is 11.5 Å². The van der Waals surface area contributed by atoms with E-state index < -0.39 is 11.4 Å². The van der Waals surface area contributed by atoms with E-state index in [-0.39, 0.29) is 0 Å². The largest absolute Gasteiger partial charge is 0.588 e. The van der Waals surface area contributed by atoms with E-state index in [2.05, 4.69) is 9.82 Å². The Morgan fingerprint density at radius 1 is 1.23 bits per heavy atom. The van der Waals surface area contributed by atoms with Crippen LogP contribution in [0.2, 0.25) is 0 Å². The Labute approximate surface area is 132 Å². The molecule has 1 aromatic carbocycles. The molecule has 1 atom stereocenters. The van der Waals surface area contributed by atoms with Gasteiger partial charge in [0.15, 0.2) is 16.4 Å². The van der Waals surface area contributed by atoms with Crippen molar-refractivity contribution in [1.82, 2.24) is 9.78 Å². The minimum Gasteiger partial charge on any atom is -0.588 e. The van der Waals surface area contributed by atoms with Crippen molar-refractivity contribution in [3.63, 3.8) is 0 Å². The van der Waals surface area contributed by atoms with Gasteiger partial charge in [0, 0.05) is 19.5 Å². The molecule has 1 N–H and O–H groups in total. The second kappa shape index (κ2) is 6.10. The molecule has 0 radical (unpaired) electrons. The van der Waals surface area contributed by atoms with Crippen LogP contribution in [0, 0.1) is 13.8 Å². The first-order valence-electron chi connectivity index (χ1n) is 7.14. The molecular weight excluding hydrogens is 302 g/mol. The van der Waals surface area contributed by atoms with Crippen LogP contribution in [0.25, 0.3) is 0 Å². The van der Waals surface area contributed by atoms with Crippen molar-refractivity contribution in [2.24, 2.45) is 7.05 Å². The molecule has 0 amide bonds. The smallest absolute Gasteiger partial charge is 0.183 e. The summed E-state index contributed by atoms with van der Waals surface area (Å²) >= 11 is -1.38. The van der Waals surface area contributed by atoms with E-state index in [1.165, 1.54) is 0 Å². The van der Waals surface area contributed by atoms with Crippen LogP contribution in [-0.4, -0.2) is 27.5 Å². The number of anilines is 1. The summed E-state index contributed by atoms with van der Waals surface area (Å²) in [6.07, 6.45) is 0.847. The van der Waals surface area contributed by atoms with Gasteiger partial charge in [-0.3, -0.25) is 4.68 Å². The van der Waals surface area contributed by atoms with E-state index in [1.807, 2.05) is 20.9 Å². The Morgan fingerprint density at radius 3 is 2.64 bits per heavy atom. The maximum absolute atomic E-state index is 12.6. The molecule has 2 heterocycles. The average molecular weight is 321 g/mol. The van der Waals surface area contributed by atoms with Crippen LogP contribution < -0.4 is 14.2 Å². The molecule has 0 saturated carbocycles. The molecule has 3 rings (SSSR count). The Balaban J connectivity index is 1.83. The van der Waals surface area contributed by atoms with Crippen LogP contribution in [-0.2, 0) is 18.4 Å². The van der Waals surface area contributed by atoms with E-state index >= 15 is 0 Å². The lowest BCUT2D eigenvalue weighted by molar-refractivity contribution is 0.297. The van der Waals surface area contributed by atoms with Crippen molar-refractivity contribution in [3.8, 4) is 11.5 Å². The fraction of sp³-hybridized carbons (Fsp3) is 0.400. The van der Waals surface area contributed by atoms with Gasteiger partial charge in [0.25, 0.3) is 0 Å². The zero-order chi connectivity index (χ0) is 15.7. The SMILES string of the molecule is Cc1nn(C)c(C)c1N[S+]([O-])c1ccc2c(c1)OCCCO2. The zero-order valence-corrected chi connectivity index (χ0v) is 13.7. The molecule has 22 heavy (non-hydrogen) atoms. The lowest BCUT2D eigenvalue weighted by Crippen LogP contribution is -2.14. The second-order valence-electron chi connectivity index (χ2n) is 5.20. The minimum absolute atomic E-state index is 0.608. The molecular formula is C15H19N3O3S. The van der Waals surface area contributed by atoms with Crippen LogP contribution in [0.15, 0.2) is 23.1 Å². The number of aryl methyl sites for hydroxylation is 2. The highest BCUT2D eigenvalue weighted by atomic mass is 32.2. The highest BCUT2D eigenvalue weighted by Crippen LogP contribution is 2.33. The summed E-state index contributed by atoms with van der Waals surface area (Å²) in [5.41, 5.74) is 2.57. The molecule has 0 spiro atoms. The molecule has 1 aromatic heterocycles. The molecule has 7 heteroatoms. The normalized spacial score (nSPS) is 15.3. The molecule has 0 fully saturated rings. The predicted molar refractivity (Wildman–Crippen MR) is 84.8 cm³/mol. The van der Waals surface area contributed by atoms with Gasteiger partial charge in [-0.2, -0.15) is 9.82 Å². The average Bonchev–Trinajstić information content (AvgIpc) is 2.71. The number of ether oxygens (including phenoxy) is 2. The summed E-state index contributed by atoms with van der Waals surface area (Å²) in [6, 6.07) is 5.36. The Kier molecular flexibility index (Phi) is 4.17. The third-order valence-corrected chi connectivity index (χ3v) is 4.71. The van der Waals surface area contributed by atoms with Crippen molar-refractivity contribution in [2.45, 2.75) is 25.2 Å². The number of hydrogen-bond donors (Lipinski definition) is 1. The van der Waals surface area contributed by atoms with Gasteiger partial charge in [-0.25, -0.2) is 0 Å². The highest BCUT2D eigenvalue weighted by molar-refractivity contribution is 7.92. The fourth-order valence-electron chi connectivity index (χ4n) is 2.33. The molecule has 1 unspecified atom stereocenters. The van der Waals surface area contributed by atoms with Gasteiger partial charge in [-0.05, 0) is 26.0 Å². The number of fused-ring (bicyclic) bond motifs is 1. The number of nitrogens with one attached hydrogen (secondary N) is 1. The van der Waals surface area contributed by atoms with Crippen LogP contribution in [0.3, 0.4) is 0 Å². The molecule has 6 nitrogen and oxygen atoms in total. The molecule has 1 aliphatic rings. The molecule has 118 valence electrons. The zero-order valence-electron chi connectivity index (χ0n) is 12.9. The summed E-state index contributed by atoms with van der Waals surface area (Å²) in [5, 5.41) is 4.31. The van der Waals surface area contributed by atoms with Gasteiger partial charge < -0.3 is 14.0 Å². The minimum atomic E-state index is -1.38. The topological polar surface area (TPSA) is 71.4 Å². The number of benzene rings is 1. The second-order valence-corrected chi connectivity index (χ2v) is 6.41. The van der Waals surface area contributed by atoms with Crippen LogP contribution in [0.1, 0.15) is 17.8 Å². The van der Waals surface area contributed by atoms with Crippen molar-refractivity contribution in [3.05, 3.63) is 29.6 Å². The summed E-state index contributed by atoms with van der Waals surface area (Å²) in [4.78, 5) is 0.645. The summed E-state index contributed by atoms with van der Waals surface area (Å²) < 4.78 is 28.6. The number of hydrogen-bond acceptors (Lipinski definition) is 5. The lowest BCUT2D eigenvalue weighted by Gasteiger charge is -2.13. The van der Waals surface area contributed by atoms with E-state index in [0.717, 1.165) is 23.5 Å². The summed E-state index contributed by atoms with van der Waals surface area (Å²) in [5.74, 6) is 1.34. The maximum Gasteiger partial charge on any atom is 0.183 e. The molecule has 0 aliphatic carbocycles. The fourth-order valence-corrected chi connectivity index (χ4v) is 3.34. The van der Waals surface area contributed by atoms with E-state index in [9.17, 15) is 4.55 Å². The summed E-state index contributed by atoms with van der Waals surface area (Å²) in [6.45, 7) is 5.08. The van der Waals surface area contributed by atoms with Gasteiger partial charge in [-0.1, -0.05) is 0 Å². The third kappa shape index (κ3) is 2.86. The summed E-state index contributed by atoms with van der Waals surface area (Å²) in [7, 11) is 1.87. The Morgan fingerprint density at radius 2 is 1.95 bits per heavy atom. The Bertz CT molecular complexity index is 687. The van der Waals surface area contributed by atoms with Gasteiger partial charge in [0.2, 0.25) is 0 Å². The lowest BCUT2D eigenvalue weighted by atomic mass is 10.3. The first kappa shape index (κ1) is 15.1. The molecule has 2 aromatic rings. The predicted octanol–water partition coefficient (Wildman–Crippen LogP) is 2.33. The van der Waals surface area contributed by atoms with Crippen LogP contribution >= 0.6 is 0 Å². The van der Waals surface area contributed by atoms with Crippen molar-refractivity contribution < 1.29 is 14.0 Å². The number of aromatic nitrogens is 2. The maximum atomic E-state index is 12.6. The van der Waals surface area contributed by atoms with Crippen molar-refractivity contribution in [2.75, 3.05) is 17.9 Å². The van der Waals surface area contributed by atoms with Gasteiger partial charge in [0.1, 0.15) is 17.0 Å².